The summed E-state index contributed by atoms with van der Waals surface area (Å²) in [5.74, 6) is -2.19. The Morgan fingerprint density at radius 2 is 1.66 bits per heavy atom. The maximum absolute atomic E-state index is 12.9. The van der Waals surface area contributed by atoms with Gasteiger partial charge in [0.2, 0.25) is 10.0 Å². The number of nitrogens with zero attached hydrogens (tertiary/aromatic N) is 1. The molecule has 0 bridgehead atoms. The van der Waals surface area contributed by atoms with Crippen molar-refractivity contribution in [1.29, 1.82) is 5.26 Å². The molecule has 2 N–H and O–H groups in total. The fourth-order valence-corrected chi connectivity index (χ4v) is 3.36. The van der Waals surface area contributed by atoms with Gasteiger partial charge in [0.05, 0.1) is 16.5 Å². The van der Waals surface area contributed by atoms with Crippen LogP contribution in [-0.2, 0) is 24.3 Å². The molecule has 0 saturated heterocycles. The van der Waals surface area contributed by atoms with Crippen molar-refractivity contribution in [2.24, 2.45) is 0 Å². The summed E-state index contributed by atoms with van der Waals surface area (Å²) in [5, 5.41) is 11.3. The SMILES string of the molecule is C[C@@H](NS(=O)(=O)c1ccc(F)cc1)C(=O)O[C@H](C)C(=O)Nc1ccc(C#N)cc1. The van der Waals surface area contributed by atoms with Crippen LogP contribution in [0.15, 0.2) is 53.4 Å². The number of sulfonamides is 1. The van der Waals surface area contributed by atoms with E-state index in [-0.39, 0.29) is 4.90 Å². The summed E-state index contributed by atoms with van der Waals surface area (Å²) in [4.78, 5) is 24.1. The van der Waals surface area contributed by atoms with Gasteiger partial charge < -0.3 is 10.1 Å². The second-order valence-electron chi connectivity index (χ2n) is 6.05. The summed E-state index contributed by atoms with van der Waals surface area (Å²) >= 11 is 0. The van der Waals surface area contributed by atoms with E-state index in [0.717, 1.165) is 24.3 Å². The van der Waals surface area contributed by atoms with Gasteiger partial charge in [0.15, 0.2) is 6.10 Å². The van der Waals surface area contributed by atoms with Crippen LogP contribution in [0.5, 0.6) is 0 Å². The van der Waals surface area contributed by atoms with Gasteiger partial charge in [0, 0.05) is 5.69 Å². The maximum Gasteiger partial charge on any atom is 0.324 e. The summed E-state index contributed by atoms with van der Waals surface area (Å²) in [6.45, 7) is 2.59. The van der Waals surface area contributed by atoms with Gasteiger partial charge in [-0.25, -0.2) is 12.8 Å². The van der Waals surface area contributed by atoms with Crippen LogP contribution in [0, 0.1) is 17.1 Å². The largest absolute Gasteiger partial charge is 0.451 e. The predicted octanol–water partition coefficient (Wildman–Crippen LogP) is 1.93. The Hall–Kier alpha value is -3.29. The minimum Gasteiger partial charge on any atom is -0.451 e. The van der Waals surface area contributed by atoms with Crippen LogP contribution in [0.3, 0.4) is 0 Å². The smallest absolute Gasteiger partial charge is 0.324 e. The van der Waals surface area contributed by atoms with Crippen LogP contribution in [0.2, 0.25) is 0 Å². The van der Waals surface area contributed by atoms with Crippen LogP contribution in [0.4, 0.5) is 10.1 Å². The number of carbonyl (C=O) groups is 2. The number of halogens is 1. The first-order valence-electron chi connectivity index (χ1n) is 8.42. The van der Waals surface area contributed by atoms with E-state index in [4.69, 9.17) is 10.00 Å². The lowest BCUT2D eigenvalue weighted by molar-refractivity contribution is -0.154. The standard InChI is InChI=1S/C19H18FN3O5S/c1-12(23-29(26,27)17-9-5-15(20)6-10-17)19(25)28-13(2)18(24)22-16-7-3-14(11-21)4-8-16/h3-10,12-13,23H,1-2H3,(H,22,24)/t12-,13-/m1/s1. The molecule has 0 saturated carbocycles. The van der Waals surface area contributed by atoms with E-state index < -0.39 is 39.9 Å². The highest BCUT2D eigenvalue weighted by Crippen LogP contribution is 2.12. The van der Waals surface area contributed by atoms with Crippen molar-refractivity contribution in [2.75, 3.05) is 5.32 Å². The average Bonchev–Trinajstić information content (AvgIpc) is 2.68. The van der Waals surface area contributed by atoms with Crippen molar-refractivity contribution >= 4 is 27.6 Å². The second-order valence-corrected chi connectivity index (χ2v) is 7.77. The molecule has 152 valence electrons. The zero-order chi connectivity index (χ0) is 21.6. The van der Waals surface area contributed by atoms with E-state index in [1.54, 1.807) is 0 Å². The van der Waals surface area contributed by atoms with Crippen LogP contribution < -0.4 is 10.0 Å². The topological polar surface area (TPSA) is 125 Å². The van der Waals surface area contributed by atoms with E-state index in [9.17, 15) is 22.4 Å². The van der Waals surface area contributed by atoms with Gasteiger partial charge in [-0.3, -0.25) is 9.59 Å². The molecule has 1 amide bonds. The molecule has 29 heavy (non-hydrogen) atoms. The highest BCUT2D eigenvalue weighted by atomic mass is 32.2. The molecule has 0 heterocycles. The normalized spacial score (nSPS) is 13.0. The molecule has 0 aliphatic carbocycles. The van der Waals surface area contributed by atoms with Crippen LogP contribution >= 0.6 is 0 Å². The summed E-state index contributed by atoms with van der Waals surface area (Å²) < 4.78 is 44.5. The molecule has 8 nitrogen and oxygen atoms in total. The molecule has 0 unspecified atom stereocenters. The Bertz CT molecular complexity index is 1030. The zero-order valence-electron chi connectivity index (χ0n) is 15.5. The minimum atomic E-state index is -4.08. The Balaban J connectivity index is 1.94. The lowest BCUT2D eigenvalue weighted by Gasteiger charge is -2.17. The molecule has 0 radical (unpaired) electrons. The molecular weight excluding hydrogens is 401 g/mol. The van der Waals surface area contributed by atoms with Crippen LogP contribution in [0.1, 0.15) is 19.4 Å². The number of nitriles is 1. The highest BCUT2D eigenvalue weighted by molar-refractivity contribution is 7.89. The third-order valence-corrected chi connectivity index (χ3v) is 5.31. The van der Waals surface area contributed by atoms with Crippen LogP contribution in [0.25, 0.3) is 0 Å². The molecule has 0 aliphatic heterocycles. The Kier molecular flexibility index (Phi) is 7.03. The average molecular weight is 419 g/mol. The van der Waals surface area contributed by atoms with Crippen molar-refractivity contribution in [3.05, 3.63) is 59.9 Å². The third kappa shape index (κ3) is 6.10. The predicted molar refractivity (Wildman–Crippen MR) is 102 cm³/mol. The van der Waals surface area contributed by atoms with Crippen molar-refractivity contribution < 1.29 is 27.1 Å². The number of nitrogens with one attached hydrogen (secondary N) is 2. The van der Waals surface area contributed by atoms with Crippen molar-refractivity contribution in [3.8, 4) is 6.07 Å². The molecule has 2 rings (SSSR count). The number of amides is 1. The Labute approximate surface area is 167 Å². The van der Waals surface area contributed by atoms with E-state index >= 15 is 0 Å². The van der Waals surface area contributed by atoms with E-state index in [1.807, 2.05) is 6.07 Å². The van der Waals surface area contributed by atoms with E-state index in [1.165, 1.54) is 38.1 Å². The van der Waals surface area contributed by atoms with E-state index in [0.29, 0.717) is 11.3 Å². The fraction of sp³-hybridized carbons (Fsp3) is 0.211. The minimum absolute atomic E-state index is 0.217. The van der Waals surface area contributed by atoms with Gasteiger partial charge in [-0.2, -0.15) is 9.98 Å². The Morgan fingerprint density at radius 1 is 1.07 bits per heavy atom. The number of anilines is 1. The molecular formula is C19H18FN3O5S. The molecule has 10 heteroatoms. The lowest BCUT2D eigenvalue weighted by atomic mass is 10.2. The first-order valence-corrected chi connectivity index (χ1v) is 9.90. The number of hydrogen-bond donors (Lipinski definition) is 2. The number of hydrogen-bond acceptors (Lipinski definition) is 6. The van der Waals surface area contributed by atoms with Crippen LogP contribution in [-0.4, -0.2) is 32.4 Å². The molecule has 2 aromatic carbocycles. The first kappa shape index (κ1) is 22.0. The zero-order valence-corrected chi connectivity index (χ0v) is 16.4. The van der Waals surface area contributed by atoms with Gasteiger partial charge in [-0.05, 0) is 62.4 Å². The summed E-state index contributed by atoms with van der Waals surface area (Å²) in [7, 11) is -4.08. The molecule has 0 aromatic heterocycles. The fourth-order valence-electron chi connectivity index (χ4n) is 2.16. The van der Waals surface area contributed by atoms with Crippen molar-refractivity contribution in [3.63, 3.8) is 0 Å². The number of benzene rings is 2. The van der Waals surface area contributed by atoms with Crippen molar-refractivity contribution in [2.45, 2.75) is 30.9 Å². The first-order chi connectivity index (χ1) is 13.6. The summed E-state index contributed by atoms with van der Waals surface area (Å²) in [6, 6.07) is 10.8. The van der Waals surface area contributed by atoms with Gasteiger partial charge in [-0.1, -0.05) is 0 Å². The molecule has 0 fully saturated rings. The number of carbonyl (C=O) groups excluding carboxylic acids is 2. The summed E-state index contributed by atoms with van der Waals surface area (Å²) in [6.07, 6.45) is -1.20. The second kappa shape index (κ2) is 9.27. The molecule has 0 aliphatic rings. The van der Waals surface area contributed by atoms with E-state index in [2.05, 4.69) is 10.0 Å². The molecule has 0 spiro atoms. The quantitative estimate of drug-likeness (QED) is 0.661. The summed E-state index contributed by atoms with van der Waals surface area (Å²) in [5.41, 5.74) is 0.826. The molecule has 2 atom stereocenters. The third-order valence-electron chi connectivity index (χ3n) is 3.75. The lowest BCUT2D eigenvalue weighted by Crippen LogP contribution is -2.42. The monoisotopic (exact) mass is 419 g/mol. The number of rotatable bonds is 7. The molecule has 2 aromatic rings. The van der Waals surface area contributed by atoms with Gasteiger partial charge in [0.1, 0.15) is 11.9 Å². The van der Waals surface area contributed by atoms with Gasteiger partial charge in [0.25, 0.3) is 5.91 Å². The van der Waals surface area contributed by atoms with Gasteiger partial charge >= 0.3 is 5.97 Å². The number of esters is 1. The Morgan fingerprint density at radius 3 is 2.21 bits per heavy atom. The van der Waals surface area contributed by atoms with Crippen molar-refractivity contribution in [1.82, 2.24) is 4.72 Å². The van der Waals surface area contributed by atoms with Gasteiger partial charge in [-0.15, -0.1) is 0 Å². The maximum atomic E-state index is 12.9. The number of ether oxygens (including phenoxy) is 1. The highest BCUT2D eigenvalue weighted by Gasteiger charge is 2.26.